The molecular formula is C7H10N4O2. The highest BCUT2D eigenvalue weighted by Crippen LogP contribution is 1.85. The maximum Gasteiger partial charge on any atom is 0.271 e. The van der Waals surface area contributed by atoms with E-state index in [-0.39, 0.29) is 17.2 Å². The van der Waals surface area contributed by atoms with Crippen molar-refractivity contribution in [3.05, 3.63) is 28.4 Å². The van der Waals surface area contributed by atoms with E-state index < -0.39 is 0 Å². The second-order valence-electron chi connectivity index (χ2n) is 2.34. The van der Waals surface area contributed by atoms with Crippen LogP contribution in [0.3, 0.4) is 0 Å². The Morgan fingerprint density at radius 2 is 2.46 bits per heavy atom. The number of carbonyl (C=O) groups is 1. The van der Waals surface area contributed by atoms with Gasteiger partial charge in [-0.3, -0.25) is 9.59 Å². The van der Waals surface area contributed by atoms with Crippen LogP contribution in [0.5, 0.6) is 0 Å². The summed E-state index contributed by atoms with van der Waals surface area (Å²) < 4.78 is 0. The Morgan fingerprint density at radius 3 is 3.00 bits per heavy atom. The summed E-state index contributed by atoms with van der Waals surface area (Å²) in [4.78, 5) is 27.7. The first-order valence-corrected chi connectivity index (χ1v) is 3.77. The van der Waals surface area contributed by atoms with E-state index in [2.05, 4.69) is 15.3 Å². The number of nitrogens with two attached hydrogens (primary N) is 1. The number of aromatic amines is 1. The van der Waals surface area contributed by atoms with Gasteiger partial charge < -0.3 is 16.0 Å². The molecule has 0 aliphatic rings. The molecule has 70 valence electrons. The summed E-state index contributed by atoms with van der Waals surface area (Å²) >= 11 is 0. The Hall–Kier alpha value is -1.69. The minimum atomic E-state index is -0.346. The molecule has 1 rings (SSSR count). The summed E-state index contributed by atoms with van der Waals surface area (Å²) in [5.74, 6) is -0.346. The Balaban J connectivity index is 2.66. The fraction of sp³-hybridized carbons (Fsp3) is 0.286. The average Bonchev–Trinajstić information content (AvgIpc) is 2.15. The number of H-pyrrole nitrogens is 1. The number of aromatic nitrogens is 2. The standard InChI is InChI=1S/C7H10N4O2/c8-1-2-9-7(13)5-3-11-6(12)4-10-5/h3-4H,1-2,8H2,(H,9,13)(H,11,12). The van der Waals surface area contributed by atoms with Gasteiger partial charge in [0.25, 0.3) is 11.5 Å². The molecule has 0 aliphatic heterocycles. The van der Waals surface area contributed by atoms with Crippen molar-refractivity contribution < 1.29 is 4.79 Å². The second-order valence-corrected chi connectivity index (χ2v) is 2.34. The molecule has 1 amide bonds. The Bertz CT molecular complexity index is 326. The number of hydrogen-bond acceptors (Lipinski definition) is 4. The van der Waals surface area contributed by atoms with Crippen LogP contribution in [0.25, 0.3) is 0 Å². The van der Waals surface area contributed by atoms with Gasteiger partial charge in [0.15, 0.2) is 0 Å². The van der Waals surface area contributed by atoms with Crippen molar-refractivity contribution >= 4 is 5.91 Å². The van der Waals surface area contributed by atoms with Gasteiger partial charge in [-0.15, -0.1) is 0 Å². The molecule has 0 saturated carbocycles. The Morgan fingerprint density at radius 1 is 1.69 bits per heavy atom. The van der Waals surface area contributed by atoms with E-state index in [0.29, 0.717) is 13.1 Å². The predicted molar refractivity (Wildman–Crippen MR) is 46.2 cm³/mol. The SMILES string of the molecule is NCCNC(=O)c1c[nH]c(=O)cn1. The molecule has 0 saturated heterocycles. The number of carbonyl (C=O) groups excluding carboxylic acids is 1. The molecule has 1 heterocycles. The van der Waals surface area contributed by atoms with Crippen LogP contribution in [0.2, 0.25) is 0 Å². The first kappa shape index (κ1) is 9.40. The molecule has 6 heteroatoms. The fourth-order valence-corrected chi connectivity index (χ4v) is 0.743. The second kappa shape index (κ2) is 4.36. The number of hydrogen-bond donors (Lipinski definition) is 3. The topological polar surface area (TPSA) is 101 Å². The molecule has 4 N–H and O–H groups in total. The van der Waals surface area contributed by atoms with Crippen LogP contribution in [-0.4, -0.2) is 29.0 Å². The van der Waals surface area contributed by atoms with Crippen molar-refractivity contribution in [1.82, 2.24) is 15.3 Å². The third kappa shape index (κ3) is 2.68. The summed E-state index contributed by atoms with van der Waals surface area (Å²) in [5.41, 5.74) is 5.02. The summed E-state index contributed by atoms with van der Waals surface area (Å²) in [5, 5.41) is 2.52. The van der Waals surface area contributed by atoms with Crippen LogP contribution in [-0.2, 0) is 0 Å². The van der Waals surface area contributed by atoms with Crippen LogP contribution in [0, 0.1) is 0 Å². The third-order valence-electron chi connectivity index (χ3n) is 1.33. The van der Waals surface area contributed by atoms with Crippen LogP contribution < -0.4 is 16.6 Å². The quantitative estimate of drug-likeness (QED) is 0.527. The summed E-state index contributed by atoms with van der Waals surface area (Å²) in [7, 11) is 0. The molecule has 0 spiro atoms. The minimum absolute atomic E-state index is 0.174. The van der Waals surface area contributed by atoms with Crippen LogP contribution in [0.15, 0.2) is 17.2 Å². The normalized spacial score (nSPS) is 9.62. The van der Waals surface area contributed by atoms with Gasteiger partial charge in [-0.05, 0) is 0 Å². The van der Waals surface area contributed by atoms with Gasteiger partial charge in [0, 0.05) is 19.3 Å². The monoisotopic (exact) mass is 182 g/mol. The maximum absolute atomic E-state index is 11.2. The Labute approximate surface area is 74.2 Å². The molecule has 0 aliphatic carbocycles. The highest BCUT2D eigenvalue weighted by atomic mass is 16.2. The molecule has 0 aromatic carbocycles. The molecule has 0 atom stereocenters. The fourth-order valence-electron chi connectivity index (χ4n) is 0.743. The molecule has 6 nitrogen and oxygen atoms in total. The minimum Gasteiger partial charge on any atom is -0.349 e. The summed E-state index contributed by atoms with van der Waals surface area (Å²) in [6, 6.07) is 0. The largest absolute Gasteiger partial charge is 0.349 e. The number of nitrogens with one attached hydrogen (secondary N) is 2. The highest BCUT2D eigenvalue weighted by Gasteiger charge is 2.04. The molecule has 1 aromatic heterocycles. The molecule has 0 radical (unpaired) electrons. The van der Waals surface area contributed by atoms with Crippen LogP contribution in [0.4, 0.5) is 0 Å². The van der Waals surface area contributed by atoms with Crippen molar-refractivity contribution in [1.29, 1.82) is 0 Å². The van der Waals surface area contributed by atoms with E-state index in [1.54, 1.807) is 0 Å². The maximum atomic E-state index is 11.2. The molecule has 0 fully saturated rings. The lowest BCUT2D eigenvalue weighted by atomic mass is 10.4. The van der Waals surface area contributed by atoms with Gasteiger partial charge in [0.05, 0.1) is 6.20 Å². The van der Waals surface area contributed by atoms with Gasteiger partial charge >= 0.3 is 0 Å². The summed E-state index contributed by atoms with van der Waals surface area (Å²) in [6.07, 6.45) is 2.31. The van der Waals surface area contributed by atoms with Gasteiger partial charge in [0.2, 0.25) is 0 Å². The van der Waals surface area contributed by atoms with E-state index in [1.165, 1.54) is 6.20 Å². The van der Waals surface area contributed by atoms with Crippen molar-refractivity contribution in [2.24, 2.45) is 5.73 Å². The number of amides is 1. The van der Waals surface area contributed by atoms with E-state index in [9.17, 15) is 9.59 Å². The predicted octanol–water partition coefficient (Wildman–Crippen LogP) is -1.54. The first-order valence-electron chi connectivity index (χ1n) is 3.77. The van der Waals surface area contributed by atoms with E-state index in [1.807, 2.05) is 0 Å². The van der Waals surface area contributed by atoms with Crippen LogP contribution >= 0.6 is 0 Å². The van der Waals surface area contributed by atoms with Crippen molar-refractivity contribution in [2.45, 2.75) is 0 Å². The smallest absolute Gasteiger partial charge is 0.271 e. The lowest BCUT2D eigenvalue weighted by Gasteiger charge is -2.00. The third-order valence-corrected chi connectivity index (χ3v) is 1.33. The number of nitrogens with zero attached hydrogens (tertiary/aromatic N) is 1. The molecule has 0 unspecified atom stereocenters. The molecule has 0 bridgehead atoms. The zero-order chi connectivity index (χ0) is 9.68. The zero-order valence-electron chi connectivity index (χ0n) is 6.91. The Kier molecular flexibility index (Phi) is 3.15. The van der Waals surface area contributed by atoms with Gasteiger partial charge in [0.1, 0.15) is 5.69 Å². The van der Waals surface area contributed by atoms with E-state index in [4.69, 9.17) is 5.73 Å². The van der Waals surface area contributed by atoms with Gasteiger partial charge in [-0.1, -0.05) is 0 Å². The van der Waals surface area contributed by atoms with Gasteiger partial charge in [-0.25, -0.2) is 4.98 Å². The van der Waals surface area contributed by atoms with E-state index >= 15 is 0 Å². The lowest BCUT2D eigenvalue weighted by Crippen LogP contribution is -2.30. The molecular weight excluding hydrogens is 172 g/mol. The average molecular weight is 182 g/mol. The number of rotatable bonds is 3. The van der Waals surface area contributed by atoms with Crippen molar-refractivity contribution in [3.8, 4) is 0 Å². The van der Waals surface area contributed by atoms with Crippen molar-refractivity contribution in [2.75, 3.05) is 13.1 Å². The summed E-state index contributed by atoms with van der Waals surface area (Å²) in [6.45, 7) is 0.759. The molecule has 1 aromatic rings. The molecule has 13 heavy (non-hydrogen) atoms. The van der Waals surface area contributed by atoms with Gasteiger partial charge in [-0.2, -0.15) is 0 Å². The van der Waals surface area contributed by atoms with E-state index in [0.717, 1.165) is 6.20 Å². The lowest BCUT2D eigenvalue weighted by molar-refractivity contribution is 0.0949. The van der Waals surface area contributed by atoms with Crippen molar-refractivity contribution in [3.63, 3.8) is 0 Å². The first-order chi connectivity index (χ1) is 6.24. The zero-order valence-corrected chi connectivity index (χ0v) is 6.91. The highest BCUT2D eigenvalue weighted by molar-refractivity contribution is 5.91. The van der Waals surface area contributed by atoms with Crippen LogP contribution in [0.1, 0.15) is 10.5 Å².